The van der Waals surface area contributed by atoms with Gasteiger partial charge in [-0.1, -0.05) is 23.7 Å². The van der Waals surface area contributed by atoms with Gasteiger partial charge < -0.3 is 18.6 Å². The molecule has 0 saturated carbocycles. The molecule has 0 atom stereocenters. The first-order chi connectivity index (χ1) is 14.5. The summed E-state index contributed by atoms with van der Waals surface area (Å²) in [6, 6.07) is 16.0. The fourth-order valence-corrected chi connectivity index (χ4v) is 3.09. The number of methoxy groups -OCH3 is 1. The minimum absolute atomic E-state index is 0.0440. The van der Waals surface area contributed by atoms with Crippen molar-refractivity contribution in [1.82, 2.24) is 0 Å². The Balaban J connectivity index is 1.57. The fraction of sp³-hybridized carbons (Fsp3) is 0.0870. The highest BCUT2D eigenvalue weighted by atomic mass is 35.5. The smallest absolute Gasteiger partial charge is 0.235 e. The normalized spacial score (nSPS) is 10.8. The lowest BCUT2D eigenvalue weighted by molar-refractivity contribution is 0.300. The topological polar surface area (TPSA) is 57.9 Å². The number of fused-ring (bicyclic) bond motifs is 1. The molecule has 1 heterocycles. The van der Waals surface area contributed by atoms with Gasteiger partial charge in [0, 0.05) is 17.7 Å². The molecule has 0 aliphatic rings. The molecule has 4 rings (SSSR count). The van der Waals surface area contributed by atoms with Gasteiger partial charge in [0.15, 0.2) is 0 Å². The van der Waals surface area contributed by atoms with Gasteiger partial charge in [0.2, 0.25) is 11.2 Å². The van der Waals surface area contributed by atoms with E-state index in [-0.39, 0.29) is 28.4 Å². The van der Waals surface area contributed by atoms with Gasteiger partial charge in [0.25, 0.3) is 0 Å². The molecule has 0 aliphatic carbocycles. The van der Waals surface area contributed by atoms with E-state index in [4.69, 9.17) is 30.2 Å². The van der Waals surface area contributed by atoms with Crippen LogP contribution in [-0.4, -0.2) is 7.11 Å². The van der Waals surface area contributed by atoms with E-state index in [1.165, 1.54) is 18.4 Å². The summed E-state index contributed by atoms with van der Waals surface area (Å²) in [5, 5.41) is 0.605. The second-order valence-electron chi connectivity index (χ2n) is 6.36. The monoisotopic (exact) mass is 426 g/mol. The molecule has 4 aromatic rings. The van der Waals surface area contributed by atoms with Crippen LogP contribution in [0.3, 0.4) is 0 Å². The number of benzene rings is 3. The lowest BCUT2D eigenvalue weighted by atomic mass is 10.2. The molecule has 0 radical (unpaired) electrons. The Morgan fingerprint density at radius 3 is 2.60 bits per heavy atom. The number of halogens is 2. The molecular weight excluding hydrogens is 411 g/mol. The van der Waals surface area contributed by atoms with Crippen molar-refractivity contribution in [3.8, 4) is 23.0 Å². The lowest BCUT2D eigenvalue weighted by Gasteiger charge is -2.10. The average molecular weight is 427 g/mol. The molecule has 0 bridgehead atoms. The van der Waals surface area contributed by atoms with E-state index in [0.29, 0.717) is 28.2 Å². The standard InChI is InChI=1S/C23H16ClFO5/c1-27-14-4-2-5-16(10-14)30-22-13-29-21-11-15(8-9-17(21)23(22)26)28-12-18-19(24)6-3-7-20(18)25/h2-11,13H,12H2,1H3. The van der Waals surface area contributed by atoms with Crippen molar-refractivity contribution in [2.24, 2.45) is 0 Å². The molecule has 0 N–H and O–H groups in total. The Hall–Kier alpha value is -3.51. The quantitative estimate of drug-likeness (QED) is 0.380. The molecule has 30 heavy (non-hydrogen) atoms. The third kappa shape index (κ3) is 4.09. The molecule has 152 valence electrons. The van der Waals surface area contributed by atoms with Gasteiger partial charge in [-0.3, -0.25) is 4.79 Å². The molecule has 0 unspecified atom stereocenters. The van der Waals surface area contributed by atoms with Crippen LogP contribution in [0.2, 0.25) is 5.02 Å². The van der Waals surface area contributed by atoms with E-state index in [1.54, 1.807) is 55.6 Å². The van der Waals surface area contributed by atoms with E-state index in [1.807, 2.05) is 0 Å². The minimum atomic E-state index is -0.450. The first kappa shape index (κ1) is 19.8. The largest absolute Gasteiger partial charge is 0.497 e. The van der Waals surface area contributed by atoms with E-state index >= 15 is 0 Å². The van der Waals surface area contributed by atoms with E-state index in [0.717, 1.165) is 0 Å². The van der Waals surface area contributed by atoms with Crippen LogP contribution in [-0.2, 0) is 6.61 Å². The summed E-state index contributed by atoms with van der Waals surface area (Å²) in [6.45, 7) is -0.0573. The Morgan fingerprint density at radius 1 is 1.00 bits per heavy atom. The maximum absolute atomic E-state index is 13.9. The van der Waals surface area contributed by atoms with Crippen molar-refractivity contribution in [1.29, 1.82) is 0 Å². The van der Waals surface area contributed by atoms with Gasteiger partial charge in [-0.25, -0.2) is 4.39 Å². The summed E-state index contributed by atoms with van der Waals surface area (Å²) in [7, 11) is 1.54. The molecule has 3 aromatic carbocycles. The van der Waals surface area contributed by atoms with Crippen LogP contribution in [0.1, 0.15) is 5.56 Å². The number of rotatable bonds is 6. The summed E-state index contributed by atoms with van der Waals surface area (Å²) in [5.41, 5.74) is 0.237. The van der Waals surface area contributed by atoms with Crippen LogP contribution >= 0.6 is 11.6 Å². The Bertz CT molecular complexity index is 1250. The van der Waals surface area contributed by atoms with Gasteiger partial charge in [-0.15, -0.1) is 0 Å². The van der Waals surface area contributed by atoms with Crippen LogP contribution in [0, 0.1) is 5.82 Å². The number of hydrogen-bond acceptors (Lipinski definition) is 5. The summed E-state index contributed by atoms with van der Waals surface area (Å²) in [4.78, 5) is 12.7. The highest BCUT2D eigenvalue weighted by Gasteiger charge is 2.12. The van der Waals surface area contributed by atoms with Crippen molar-refractivity contribution in [3.05, 3.63) is 93.6 Å². The van der Waals surface area contributed by atoms with Crippen LogP contribution in [0.25, 0.3) is 11.0 Å². The predicted octanol–water partition coefficient (Wildman–Crippen LogP) is 5.97. The van der Waals surface area contributed by atoms with Crippen LogP contribution in [0.4, 0.5) is 4.39 Å². The van der Waals surface area contributed by atoms with Crippen LogP contribution in [0.15, 0.2) is 76.1 Å². The third-order valence-corrected chi connectivity index (χ3v) is 4.78. The van der Waals surface area contributed by atoms with Gasteiger partial charge in [-0.2, -0.15) is 0 Å². The molecule has 5 nitrogen and oxygen atoms in total. The van der Waals surface area contributed by atoms with Crippen molar-refractivity contribution in [2.75, 3.05) is 7.11 Å². The Labute approximate surface area is 176 Å². The van der Waals surface area contributed by atoms with Gasteiger partial charge in [-0.05, 0) is 36.4 Å². The number of ether oxygens (including phenoxy) is 3. The molecule has 0 saturated heterocycles. The first-order valence-electron chi connectivity index (χ1n) is 8.98. The molecule has 0 amide bonds. The fourth-order valence-electron chi connectivity index (χ4n) is 2.87. The molecule has 7 heteroatoms. The van der Waals surface area contributed by atoms with Crippen LogP contribution in [0.5, 0.6) is 23.0 Å². The highest BCUT2D eigenvalue weighted by Crippen LogP contribution is 2.27. The van der Waals surface area contributed by atoms with Crippen molar-refractivity contribution < 1.29 is 23.0 Å². The lowest BCUT2D eigenvalue weighted by Crippen LogP contribution is -2.05. The zero-order valence-electron chi connectivity index (χ0n) is 15.9. The second-order valence-corrected chi connectivity index (χ2v) is 6.76. The first-order valence-corrected chi connectivity index (χ1v) is 9.36. The van der Waals surface area contributed by atoms with Gasteiger partial charge in [0.05, 0.1) is 17.5 Å². The van der Waals surface area contributed by atoms with E-state index in [9.17, 15) is 9.18 Å². The summed E-state index contributed by atoms with van der Waals surface area (Å²) >= 11 is 6.01. The molecule has 1 aromatic heterocycles. The van der Waals surface area contributed by atoms with E-state index in [2.05, 4.69) is 0 Å². The minimum Gasteiger partial charge on any atom is -0.497 e. The maximum atomic E-state index is 13.9. The third-order valence-electron chi connectivity index (χ3n) is 4.43. The van der Waals surface area contributed by atoms with Gasteiger partial charge >= 0.3 is 0 Å². The zero-order valence-corrected chi connectivity index (χ0v) is 16.6. The number of hydrogen-bond donors (Lipinski definition) is 0. The van der Waals surface area contributed by atoms with Crippen molar-refractivity contribution in [3.63, 3.8) is 0 Å². The summed E-state index contributed by atoms with van der Waals surface area (Å²) in [6.07, 6.45) is 1.24. The Morgan fingerprint density at radius 2 is 1.80 bits per heavy atom. The predicted molar refractivity (Wildman–Crippen MR) is 111 cm³/mol. The summed E-state index contributed by atoms with van der Waals surface area (Å²) in [5.74, 6) is 1.06. The zero-order chi connectivity index (χ0) is 21.1. The SMILES string of the molecule is COc1cccc(Oc2coc3cc(OCc4c(F)cccc4Cl)ccc3c2=O)c1. The Kier molecular flexibility index (Phi) is 5.59. The van der Waals surface area contributed by atoms with Crippen LogP contribution < -0.4 is 19.6 Å². The summed E-state index contributed by atoms with van der Waals surface area (Å²) < 4.78 is 35.9. The highest BCUT2D eigenvalue weighted by molar-refractivity contribution is 6.31. The van der Waals surface area contributed by atoms with Gasteiger partial charge in [0.1, 0.15) is 41.5 Å². The van der Waals surface area contributed by atoms with Crippen molar-refractivity contribution >= 4 is 22.6 Å². The molecule has 0 spiro atoms. The average Bonchev–Trinajstić information content (AvgIpc) is 2.75. The molecule has 0 aliphatic heterocycles. The molecular formula is C23H16ClFO5. The van der Waals surface area contributed by atoms with Crippen molar-refractivity contribution in [2.45, 2.75) is 6.61 Å². The second kappa shape index (κ2) is 8.47. The van der Waals surface area contributed by atoms with E-state index < -0.39 is 5.82 Å². The maximum Gasteiger partial charge on any atom is 0.235 e. The molecule has 0 fully saturated rings.